The number of rotatable bonds is 5. The third-order valence-corrected chi connectivity index (χ3v) is 2.74. The van der Waals surface area contributed by atoms with Gasteiger partial charge in [-0.2, -0.15) is 5.10 Å². The van der Waals surface area contributed by atoms with Gasteiger partial charge in [0, 0.05) is 11.6 Å². The van der Waals surface area contributed by atoms with Crippen molar-refractivity contribution in [1.29, 1.82) is 0 Å². The number of carbonyl (C=O) groups is 1. The number of nitrogens with zero attached hydrogens (tertiary/aromatic N) is 2. The van der Waals surface area contributed by atoms with Crippen LogP contribution in [0.15, 0.2) is 39.9 Å². The summed E-state index contributed by atoms with van der Waals surface area (Å²) in [6, 6.07) is 7.52. The van der Waals surface area contributed by atoms with Crippen molar-refractivity contribution in [3.8, 4) is 5.75 Å². The van der Waals surface area contributed by atoms with Gasteiger partial charge in [-0.3, -0.25) is 14.9 Å². The van der Waals surface area contributed by atoms with E-state index in [9.17, 15) is 14.9 Å². The molecule has 0 spiro atoms. The fourth-order valence-corrected chi connectivity index (χ4v) is 1.71. The van der Waals surface area contributed by atoms with E-state index in [-0.39, 0.29) is 17.2 Å². The van der Waals surface area contributed by atoms with Crippen molar-refractivity contribution in [1.82, 2.24) is 5.43 Å². The van der Waals surface area contributed by atoms with Crippen molar-refractivity contribution < 1.29 is 18.9 Å². The maximum atomic E-state index is 11.7. The SMILES string of the molecule is COc1ccc(/C=N\NC(=O)c2ccc(C)o2)cc1[N+](=O)[O-]. The predicted octanol–water partition coefficient (Wildman–Crippen LogP) is 2.27. The lowest BCUT2D eigenvalue weighted by atomic mass is 10.2. The van der Waals surface area contributed by atoms with Gasteiger partial charge in [-0.1, -0.05) is 0 Å². The molecule has 0 radical (unpaired) electrons. The number of nitro groups is 1. The molecule has 0 fully saturated rings. The monoisotopic (exact) mass is 303 g/mol. The number of nitro benzene ring substituents is 1. The van der Waals surface area contributed by atoms with Gasteiger partial charge in [0.05, 0.1) is 18.2 Å². The summed E-state index contributed by atoms with van der Waals surface area (Å²) in [7, 11) is 1.35. The summed E-state index contributed by atoms with van der Waals surface area (Å²) in [6.07, 6.45) is 1.29. The molecule has 0 aliphatic heterocycles. The quantitative estimate of drug-likeness (QED) is 0.518. The average molecular weight is 303 g/mol. The Kier molecular flexibility index (Phi) is 4.52. The molecule has 1 aromatic heterocycles. The molecule has 22 heavy (non-hydrogen) atoms. The van der Waals surface area contributed by atoms with E-state index in [0.717, 1.165) is 0 Å². The minimum Gasteiger partial charge on any atom is -0.490 e. The number of ether oxygens (including phenoxy) is 1. The summed E-state index contributed by atoms with van der Waals surface area (Å²) < 4.78 is 10.0. The van der Waals surface area contributed by atoms with Gasteiger partial charge in [-0.25, -0.2) is 5.43 Å². The average Bonchev–Trinajstić information content (AvgIpc) is 2.93. The van der Waals surface area contributed by atoms with E-state index in [2.05, 4.69) is 10.5 Å². The third-order valence-electron chi connectivity index (χ3n) is 2.74. The Bertz CT molecular complexity index is 736. The standard InChI is InChI=1S/C14H13N3O5/c1-9-3-5-13(22-9)14(18)16-15-8-10-4-6-12(21-2)11(7-10)17(19)20/h3-8H,1-2H3,(H,16,18)/b15-8-. The summed E-state index contributed by atoms with van der Waals surface area (Å²) in [5, 5.41) is 14.6. The number of aryl methyl sites for hydroxylation is 1. The van der Waals surface area contributed by atoms with Gasteiger partial charge in [0.1, 0.15) is 5.76 Å². The fourth-order valence-electron chi connectivity index (χ4n) is 1.71. The fraction of sp³-hybridized carbons (Fsp3) is 0.143. The molecule has 8 heteroatoms. The molecule has 114 valence electrons. The molecule has 0 saturated carbocycles. The Morgan fingerprint density at radius 1 is 1.41 bits per heavy atom. The zero-order valence-corrected chi connectivity index (χ0v) is 11.9. The molecule has 0 aliphatic rings. The van der Waals surface area contributed by atoms with Crippen molar-refractivity contribution in [2.24, 2.45) is 5.10 Å². The molecular formula is C14H13N3O5. The molecule has 0 unspecified atom stereocenters. The van der Waals surface area contributed by atoms with Gasteiger partial charge in [0.2, 0.25) is 0 Å². The Labute approximate surface area is 125 Å². The highest BCUT2D eigenvalue weighted by Crippen LogP contribution is 2.26. The first kappa shape index (κ1) is 15.2. The van der Waals surface area contributed by atoms with Gasteiger partial charge in [0.15, 0.2) is 11.5 Å². The zero-order valence-electron chi connectivity index (χ0n) is 11.9. The van der Waals surface area contributed by atoms with Crippen LogP contribution in [0.1, 0.15) is 21.9 Å². The number of amides is 1. The zero-order chi connectivity index (χ0) is 16.1. The highest BCUT2D eigenvalue weighted by molar-refractivity contribution is 5.92. The lowest BCUT2D eigenvalue weighted by Gasteiger charge is -2.02. The van der Waals surface area contributed by atoms with E-state index in [0.29, 0.717) is 11.3 Å². The van der Waals surface area contributed by atoms with Crippen molar-refractivity contribution >= 4 is 17.8 Å². The number of furan rings is 1. The number of hydrogen-bond donors (Lipinski definition) is 1. The van der Waals surface area contributed by atoms with E-state index < -0.39 is 10.8 Å². The van der Waals surface area contributed by atoms with Crippen LogP contribution >= 0.6 is 0 Å². The molecule has 0 atom stereocenters. The van der Waals surface area contributed by atoms with Crippen molar-refractivity contribution in [2.75, 3.05) is 7.11 Å². The van der Waals surface area contributed by atoms with Crippen LogP contribution in [-0.4, -0.2) is 24.2 Å². The molecule has 1 N–H and O–H groups in total. The molecule has 0 bridgehead atoms. The first-order chi connectivity index (χ1) is 10.5. The van der Waals surface area contributed by atoms with Gasteiger partial charge >= 0.3 is 11.6 Å². The Morgan fingerprint density at radius 2 is 2.18 bits per heavy atom. The molecule has 1 heterocycles. The van der Waals surface area contributed by atoms with E-state index in [4.69, 9.17) is 9.15 Å². The van der Waals surface area contributed by atoms with Crippen LogP contribution in [0, 0.1) is 17.0 Å². The molecule has 2 aromatic rings. The van der Waals surface area contributed by atoms with E-state index in [1.54, 1.807) is 19.1 Å². The van der Waals surface area contributed by atoms with Crippen LogP contribution in [0.2, 0.25) is 0 Å². The van der Waals surface area contributed by atoms with Crippen LogP contribution in [0.3, 0.4) is 0 Å². The molecule has 1 aromatic carbocycles. The van der Waals surface area contributed by atoms with Gasteiger partial charge in [0.25, 0.3) is 0 Å². The second kappa shape index (κ2) is 6.53. The Morgan fingerprint density at radius 3 is 2.77 bits per heavy atom. The molecule has 8 nitrogen and oxygen atoms in total. The summed E-state index contributed by atoms with van der Waals surface area (Å²) in [4.78, 5) is 22.0. The van der Waals surface area contributed by atoms with Crippen molar-refractivity contribution in [3.05, 3.63) is 57.5 Å². The maximum absolute atomic E-state index is 11.7. The highest BCUT2D eigenvalue weighted by Gasteiger charge is 2.14. The van der Waals surface area contributed by atoms with Crippen molar-refractivity contribution in [3.63, 3.8) is 0 Å². The highest BCUT2D eigenvalue weighted by atomic mass is 16.6. The van der Waals surface area contributed by atoms with Crippen LogP contribution < -0.4 is 10.2 Å². The topological polar surface area (TPSA) is 107 Å². The molecular weight excluding hydrogens is 290 g/mol. The first-order valence-electron chi connectivity index (χ1n) is 6.23. The van der Waals surface area contributed by atoms with Crippen molar-refractivity contribution in [2.45, 2.75) is 6.92 Å². The van der Waals surface area contributed by atoms with E-state index in [1.165, 1.54) is 31.5 Å². The number of hydrazone groups is 1. The largest absolute Gasteiger partial charge is 0.490 e. The minimum atomic E-state index is -0.555. The van der Waals surface area contributed by atoms with Gasteiger partial charge in [-0.05, 0) is 31.2 Å². The van der Waals surface area contributed by atoms with E-state index >= 15 is 0 Å². The molecule has 1 amide bonds. The van der Waals surface area contributed by atoms with Crippen LogP contribution in [0.4, 0.5) is 5.69 Å². The normalized spacial score (nSPS) is 10.6. The number of hydrogen-bond acceptors (Lipinski definition) is 6. The van der Waals surface area contributed by atoms with Gasteiger partial charge in [-0.15, -0.1) is 0 Å². The number of carbonyl (C=O) groups excluding carboxylic acids is 1. The summed E-state index contributed by atoms with van der Waals surface area (Å²) in [5.41, 5.74) is 2.54. The van der Waals surface area contributed by atoms with E-state index in [1.807, 2.05) is 0 Å². The maximum Gasteiger partial charge on any atom is 0.311 e. The lowest BCUT2D eigenvalue weighted by Crippen LogP contribution is -2.16. The second-order valence-electron chi connectivity index (χ2n) is 4.30. The molecule has 0 saturated heterocycles. The smallest absolute Gasteiger partial charge is 0.311 e. The van der Waals surface area contributed by atoms with Crippen LogP contribution in [0.25, 0.3) is 0 Å². The summed E-state index contributed by atoms with van der Waals surface area (Å²) in [6.45, 7) is 1.72. The number of benzene rings is 1. The Hall–Kier alpha value is -3.16. The van der Waals surface area contributed by atoms with Crippen LogP contribution in [0.5, 0.6) is 5.75 Å². The first-order valence-corrected chi connectivity index (χ1v) is 6.23. The number of nitrogens with one attached hydrogen (secondary N) is 1. The lowest BCUT2D eigenvalue weighted by molar-refractivity contribution is -0.385. The Balaban J connectivity index is 2.08. The predicted molar refractivity (Wildman–Crippen MR) is 78.2 cm³/mol. The molecule has 0 aliphatic carbocycles. The molecule has 2 rings (SSSR count). The second-order valence-corrected chi connectivity index (χ2v) is 4.30. The summed E-state index contributed by atoms with van der Waals surface area (Å²) >= 11 is 0. The third kappa shape index (κ3) is 3.48. The van der Waals surface area contributed by atoms with Gasteiger partial charge < -0.3 is 9.15 Å². The summed E-state index contributed by atoms with van der Waals surface area (Å²) in [5.74, 6) is 0.389. The number of methoxy groups -OCH3 is 1. The minimum absolute atomic E-state index is 0.135. The van der Waals surface area contributed by atoms with Crippen LogP contribution in [-0.2, 0) is 0 Å².